The summed E-state index contributed by atoms with van der Waals surface area (Å²) in [6.45, 7) is 0.302. The van der Waals surface area contributed by atoms with Crippen LogP contribution in [0.1, 0.15) is 11.1 Å². The molecule has 2 aromatic carbocycles. The fourth-order valence-corrected chi connectivity index (χ4v) is 2.27. The molecule has 23 heavy (non-hydrogen) atoms. The fraction of sp³-hybridized carbons (Fsp3) is 0.111. The third kappa shape index (κ3) is 3.64. The van der Waals surface area contributed by atoms with Crippen LogP contribution in [0, 0.1) is 0 Å². The minimum absolute atomic E-state index is 0.189. The van der Waals surface area contributed by atoms with Crippen LogP contribution in [0.25, 0.3) is 6.08 Å². The van der Waals surface area contributed by atoms with Gasteiger partial charge in [0.05, 0.1) is 6.61 Å². The second kappa shape index (κ2) is 6.89. The maximum absolute atomic E-state index is 11.9. The van der Waals surface area contributed by atoms with E-state index in [4.69, 9.17) is 4.84 Å². The summed E-state index contributed by atoms with van der Waals surface area (Å²) in [5.74, 6) is -0.460. The number of amides is 3. The van der Waals surface area contributed by atoms with Gasteiger partial charge in [-0.2, -0.15) is 5.06 Å². The summed E-state index contributed by atoms with van der Waals surface area (Å²) in [6, 6.07) is 18.6. The maximum atomic E-state index is 11.9. The lowest BCUT2D eigenvalue weighted by atomic mass is 10.2. The Morgan fingerprint density at radius 1 is 0.957 bits per heavy atom. The molecule has 1 heterocycles. The highest BCUT2D eigenvalue weighted by Gasteiger charge is 2.34. The van der Waals surface area contributed by atoms with Gasteiger partial charge in [0.25, 0.3) is 5.91 Å². The Morgan fingerprint density at radius 3 is 2.30 bits per heavy atom. The molecule has 116 valence electrons. The fourth-order valence-electron chi connectivity index (χ4n) is 2.27. The second-order valence-corrected chi connectivity index (χ2v) is 5.06. The predicted octanol–water partition coefficient (Wildman–Crippen LogP) is 2.75. The van der Waals surface area contributed by atoms with E-state index in [-0.39, 0.29) is 5.70 Å². The maximum Gasteiger partial charge on any atom is 0.353 e. The van der Waals surface area contributed by atoms with Crippen molar-refractivity contribution in [1.82, 2.24) is 10.4 Å². The monoisotopic (exact) mass is 308 g/mol. The van der Waals surface area contributed by atoms with E-state index >= 15 is 0 Å². The largest absolute Gasteiger partial charge is 0.353 e. The van der Waals surface area contributed by atoms with Crippen molar-refractivity contribution in [2.45, 2.75) is 6.42 Å². The van der Waals surface area contributed by atoms with Gasteiger partial charge in [-0.3, -0.25) is 14.9 Å². The molecule has 5 nitrogen and oxygen atoms in total. The van der Waals surface area contributed by atoms with Crippen LogP contribution in [0.15, 0.2) is 66.4 Å². The summed E-state index contributed by atoms with van der Waals surface area (Å²) in [7, 11) is 0. The van der Waals surface area contributed by atoms with Gasteiger partial charge in [0.2, 0.25) is 0 Å². The molecule has 3 rings (SSSR count). The van der Waals surface area contributed by atoms with Gasteiger partial charge in [-0.25, -0.2) is 4.79 Å². The number of carbonyl (C=O) groups excluding carboxylic acids is 2. The number of carbonyl (C=O) groups is 2. The summed E-state index contributed by atoms with van der Waals surface area (Å²) in [6.07, 6.45) is 2.28. The average molecular weight is 308 g/mol. The predicted molar refractivity (Wildman–Crippen MR) is 85.9 cm³/mol. The van der Waals surface area contributed by atoms with Crippen LogP contribution in [-0.2, 0) is 16.1 Å². The Morgan fingerprint density at radius 2 is 1.61 bits per heavy atom. The van der Waals surface area contributed by atoms with Crippen molar-refractivity contribution in [2.24, 2.45) is 0 Å². The Labute approximate surface area is 134 Å². The zero-order valence-electron chi connectivity index (χ0n) is 12.4. The van der Waals surface area contributed by atoms with Crippen LogP contribution in [-0.4, -0.2) is 23.6 Å². The van der Waals surface area contributed by atoms with Crippen LogP contribution >= 0.6 is 0 Å². The Balaban J connectivity index is 1.70. The smallest absolute Gasteiger partial charge is 0.270 e. The van der Waals surface area contributed by atoms with Crippen molar-refractivity contribution in [3.05, 3.63) is 77.5 Å². The first-order chi connectivity index (χ1) is 11.2. The number of hydrogen-bond acceptors (Lipinski definition) is 3. The highest BCUT2D eigenvalue weighted by atomic mass is 16.7. The molecule has 0 aliphatic carbocycles. The van der Waals surface area contributed by atoms with Crippen molar-refractivity contribution in [3.63, 3.8) is 0 Å². The van der Waals surface area contributed by atoms with E-state index in [1.807, 2.05) is 60.7 Å². The van der Waals surface area contributed by atoms with E-state index in [1.165, 1.54) is 0 Å². The molecule has 0 saturated carbocycles. The van der Waals surface area contributed by atoms with E-state index in [0.29, 0.717) is 13.0 Å². The first kappa shape index (κ1) is 15.0. The minimum atomic E-state index is -0.565. The van der Waals surface area contributed by atoms with Crippen molar-refractivity contribution < 1.29 is 14.4 Å². The number of rotatable bonds is 5. The van der Waals surface area contributed by atoms with Crippen LogP contribution < -0.4 is 5.32 Å². The van der Waals surface area contributed by atoms with Gasteiger partial charge in [-0.15, -0.1) is 0 Å². The van der Waals surface area contributed by atoms with Crippen LogP contribution in [0.2, 0.25) is 0 Å². The van der Waals surface area contributed by atoms with E-state index in [1.54, 1.807) is 6.08 Å². The van der Waals surface area contributed by atoms with Crippen molar-refractivity contribution in [3.8, 4) is 0 Å². The van der Waals surface area contributed by atoms with E-state index in [2.05, 4.69) is 5.32 Å². The number of nitrogens with one attached hydrogen (secondary N) is 1. The number of benzene rings is 2. The first-order valence-corrected chi connectivity index (χ1v) is 7.33. The molecule has 0 unspecified atom stereocenters. The quantitative estimate of drug-likeness (QED) is 0.682. The Hall–Kier alpha value is -2.92. The molecule has 1 fully saturated rings. The van der Waals surface area contributed by atoms with E-state index < -0.39 is 11.9 Å². The molecule has 1 aliphatic rings. The summed E-state index contributed by atoms with van der Waals surface area (Å²) in [5.41, 5.74) is 2.12. The Bertz CT molecular complexity index is 726. The van der Waals surface area contributed by atoms with Crippen molar-refractivity contribution >= 4 is 18.0 Å². The average Bonchev–Trinajstić information content (AvgIpc) is 2.84. The molecule has 0 aromatic heterocycles. The first-order valence-electron chi connectivity index (χ1n) is 7.33. The molecule has 5 heteroatoms. The van der Waals surface area contributed by atoms with E-state index in [9.17, 15) is 9.59 Å². The van der Waals surface area contributed by atoms with Gasteiger partial charge in [-0.1, -0.05) is 60.7 Å². The summed E-state index contributed by atoms with van der Waals surface area (Å²) >= 11 is 0. The van der Waals surface area contributed by atoms with Crippen molar-refractivity contribution in [1.29, 1.82) is 0 Å². The van der Waals surface area contributed by atoms with Gasteiger partial charge in [-0.05, 0) is 23.6 Å². The molecule has 1 saturated heterocycles. The standard InChI is InChI=1S/C18H16N2O3/c21-17-16(13-15-9-5-2-6-10-15)20(18(22)19-17)23-12-11-14-7-3-1-4-8-14/h1-10,13H,11-12H2,(H,19,21,22). The minimum Gasteiger partial charge on any atom is -0.270 e. The highest BCUT2D eigenvalue weighted by Crippen LogP contribution is 2.17. The van der Waals surface area contributed by atoms with Crippen LogP contribution in [0.3, 0.4) is 0 Å². The molecular weight excluding hydrogens is 292 g/mol. The summed E-state index contributed by atoms with van der Waals surface area (Å²) in [5, 5.41) is 3.27. The second-order valence-electron chi connectivity index (χ2n) is 5.06. The number of urea groups is 1. The van der Waals surface area contributed by atoms with Crippen LogP contribution in [0.4, 0.5) is 4.79 Å². The SMILES string of the molecule is O=C1NC(=O)N(OCCc2ccccc2)C1=Cc1ccccc1. The van der Waals surface area contributed by atoms with Crippen molar-refractivity contribution in [2.75, 3.05) is 6.61 Å². The summed E-state index contributed by atoms with van der Waals surface area (Å²) in [4.78, 5) is 29.3. The molecule has 2 aromatic rings. The van der Waals surface area contributed by atoms with Gasteiger partial charge in [0.15, 0.2) is 0 Å². The molecule has 0 spiro atoms. The van der Waals surface area contributed by atoms with E-state index in [0.717, 1.165) is 16.2 Å². The molecule has 0 atom stereocenters. The lowest BCUT2D eigenvalue weighted by Crippen LogP contribution is -2.28. The van der Waals surface area contributed by atoms with Gasteiger partial charge >= 0.3 is 6.03 Å². The van der Waals surface area contributed by atoms with Gasteiger partial charge in [0.1, 0.15) is 5.70 Å². The molecule has 0 radical (unpaired) electrons. The molecule has 1 aliphatic heterocycles. The number of hydroxylamine groups is 2. The third-order valence-corrected chi connectivity index (χ3v) is 3.41. The lowest BCUT2D eigenvalue weighted by molar-refractivity contribution is -0.120. The molecule has 1 N–H and O–H groups in total. The highest BCUT2D eigenvalue weighted by molar-refractivity contribution is 6.13. The molecular formula is C18H16N2O3. The van der Waals surface area contributed by atoms with Gasteiger partial charge < -0.3 is 0 Å². The Kier molecular flexibility index (Phi) is 4.49. The zero-order valence-corrected chi connectivity index (χ0v) is 12.4. The number of hydrogen-bond donors (Lipinski definition) is 1. The summed E-state index contributed by atoms with van der Waals surface area (Å²) < 4.78 is 0. The van der Waals surface area contributed by atoms with Gasteiger partial charge in [0, 0.05) is 0 Å². The molecule has 0 bridgehead atoms. The third-order valence-electron chi connectivity index (χ3n) is 3.41. The topological polar surface area (TPSA) is 58.6 Å². The number of nitrogens with zero attached hydrogens (tertiary/aromatic N) is 1. The van der Waals surface area contributed by atoms with Crippen LogP contribution in [0.5, 0.6) is 0 Å². The molecule has 3 amide bonds. The normalized spacial score (nSPS) is 16.0. The number of imide groups is 1. The lowest BCUT2D eigenvalue weighted by Gasteiger charge is -2.14. The zero-order chi connectivity index (χ0) is 16.1.